The molecule has 1 saturated heterocycles. The number of rotatable bonds is 2. The van der Waals surface area contributed by atoms with Crippen LogP contribution in [0.5, 0.6) is 5.75 Å². The molecule has 2 aliphatic carbocycles. The Bertz CT molecular complexity index is 540. The summed E-state index contributed by atoms with van der Waals surface area (Å²) in [5.74, 6) is 1.95. The Labute approximate surface area is 128 Å². The molecule has 1 aromatic rings. The molecule has 0 spiro atoms. The lowest BCUT2D eigenvalue weighted by atomic mass is 9.52. The summed E-state index contributed by atoms with van der Waals surface area (Å²) in [7, 11) is 2.34. The zero-order valence-corrected chi connectivity index (χ0v) is 13.4. The summed E-state index contributed by atoms with van der Waals surface area (Å²) in [5.41, 5.74) is 3.69. The van der Waals surface area contributed by atoms with Crippen molar-refractivity contribution in [3.8, 4) is 5.75 Å². The molecule has 2 nitrogen and oxygen atoms in total. The second-order valence-corrected chi connectivity index (χ2v) is 7.26. The minimum absolute atomic E-state index is 0.454. The molecule has 3 atom stereocenters. The zero-order chi connectivity index (χ0) is 14.4. The smallest absolute Gasteiger partial charge is 0.119 e. The molecule has 1 saturated carbocycles. The van der Waals surface area contributed by atoms with Crippen molar-refractivity contribution >= 4 is 0 Å². The molecule has 1 aliphatic heterocycles. The Morgan fingerprint density at radius 2 is 2.19 bits per heavy atom. The molecule has 2 fully saturated rings. The van der Waals surface area contributed by atoms with Gasteiger partial charge < -0.3 is 9.64 Å². The third-order valence-corrected chi connectivity index (χ3v) is 6.40. The molecule has 0 amide bonds. The van der Waals surface area contributed by atoms with Gasteiger partial charge in [-0.1, -0.05) is 18.9 Å². The van der Waals surface area contributed by atoms with Crippen LogP contribution in [-0.2, 0) is 11.8 Å². The summed E-state index contributed by atoms with van der Waals surface area (Å²) in [6, 6.07) is 7.68. The Morgan fingerprint density at radius 3 is 3.05 bits per heavy atom. The highest BCUT2D eigenvalue weighted by Crippen LogP contribution is 2.55. The number of piperidine rings is 1. The molecule has 0 aromatic heterocycles. The number of hydrogen-bond acceptors (Lipinski definition) is 2. The van der Waals surface area contributed by atoms with Gasteiger partial charge in [-0.15, -0.1) is 0 Å². The fraction of sp³-hybridized carbons (Fsp3) is 0.684. The van der Waals surface area contributed by atoms with Crippen molar-refractivity contribution in [2.45, 2.75) is 56.9 Å². The van der Waals surface area contributed by atoms with Crippen LogP contribution < -0.4 is 4.74 Å². The van der Waals surface area contributed by atoms with Crippen LogP contribution in [0.25, 0.3) is 0 Å². The molecular weight excluding hydrogens is 258 g/mol. The third kappa shape index (κ3) is 1.95. The number of fused-ring (bicyclic) bond motifs is 1. The SMILES string of the molecule is CCOc1ccc2c(c1)[C@]13CCCCC1[C@@H](C2)N(C)CC3. The summed E-state index contributed by atoms with van der Waals surface area (Å²) in [6.45, 7) is 4.10. The summed E-state index contributed by atoms with van der Waals surface area (Å²) >= 11 is 0. The molecule has 0 N–H and O–H groups in total. The zero-order valence-electron chi connectivity index (χ0n) is 13.4. The van der Waals surface area contributed by atoms with Gasteiger partial charge in [0.15, 0.2) is 0 Å². The highest BCUT2D eigenvalue weighted by molar-refractivity contribution is 5.45. The first kappa shape index (κ1) is 13.6. The minimum atomic E-state index is 0.454. The fourth-order valence-corrected chi connectivity index (χ4v) is 5.43. The standard InChI is InChI=1S/C19H27NO/c1-3-21-15-8-7-14-12-18-16-6-4-5-9-19(16,17(14)13-15)10-11-20(18)2/h7-8,13,16,18H,3-6,9-12H2,1-2H3/t16?,18-,19+/m1/s1. The molecule has 21 heavy (non-hydrogen) atoms. The fourth-order valence-electron chi connectivity index (χ4n) is 5.43. The van der Waals surface area contributed by atoms with E-state index in [1.54, 1.807) is 11.1 Å². The van der Waals surface area contributed by atoms with Gasteiger partial charge >= 0.3 is 0 Å². The van der Waals surface area contributed by atoms with Gasteiger partial charge in [-0.05, 0) is 75.4 Å². The van der Waals surface area contributed by atoms with Crippen LogP contribution in [0.1, 0.15) is 50.2 Å². The lowest BCUT2D eigenvalue weighted by Crippen LogP contribution is -2.59. The summed E-state index contributed by atoms with van der Waals surface area (Å²) in [5, 5.41) is 0. The first-order valence-electron chi connectivity index (χ1n) is 8.71. The highest BCUT2D eigenvalue weighted by Gasteiger charge is 2.53. The van der Waals surface area contributed by atoms with Crippen molar-refractivity contribution in [1.82, 2.24) is 4.90 Å². The number of nitrogens with zero attached hydrogens (tertiary/aromatic N) is 1. The van der Waals surface area contributed by atoms with E-state index >= 15 is 0 Å². The first-order valence-corrected chi connectivity index (χ1v) is 8.71. The van der Waals surface area contributed by atoms with Crippen molar-refractivity contribution < 1.29 is 4.74 Å². The van der Waals surface area contributed by atoms with Gasteiger partial charge in [0.05, 0.1) is 6.61 Å². The van der Waals surface area contributed by atoms with Gasteiger partial charge in [-0.2, -0.15) is 0 Å². The van der Waals surface area contributed by atoms with Crippen molar-refractivity contribution in [3.63, 3.8) is 0 Å². The minimum Gasteiger partial charge on any atom is -0.494 e. The van der Waals surface area contributed by atoms with E-state index in [-0.39, 0.29) is 0 Å². The van der Waals surface area contributed by atoms with Crippen LogP contribution in [0.3, 0.4) is 0 Å². The Kier molecular flexibility index (Phi) is 3.25. The average Bonchev–Trinajstić information content (AvgIpc) is 2.52. The molecule has 0 radical (unpaired) electrons. The molecule has 1 aromatic carbocycles. The van der Waals surface area contributed by atoms with Gasteiger partial charge in [-0.25, -0.2) is 0 Å². The van der Waals surface area contributed by atoms with E-state index in [4.69, 9.17) is 4.74 Å². The van der Waals surface area contributed by atoms with Gasteiger partial charge in [0, 0.05) is 11.5 Å². The van der Waals surface area contributed by atoms with E-state index in [0.29, 0.717) is 5.41 Å². The van der Waals surface area contributed by atoms with E-state index in [0.717, 1.165) is 24.3 Å². The van der Waals surface area contributed by atoms with E-state index in [2.05, 4.69) is 37.1 Å². The largest absolute Gasteiger partial charge is 0.494 e. The summed E-state index contributed by atoms with van der Waals surface area (Å²) in [6.07, 6.45) is 8.23. The Morgan fingerprint density at radius 1 is 1.29 bits per heavy atom. The lowest BCUT2D eigenvalue weighted by Gasteiger charge is -2.58. The number of ether oxygens (including phenoxy) is 1. The van der Waals surface area contributed by atoms with Crippen molar-refractivity contribution in [2.75, 3.05) is 20.2 Å². The van der Waals surface area contributed by atoms with Gasteiger partial charge in [0.25, 0.3) is 0 Å². The molecule has 114 valence electrons. The quantitative estimate of drug-likeness (QED) is 0.820. The van der Waals surface area contributed by atoms with E-state index in [9.17, 15) is 0 Å². The van der Waals surface area contributed by atoms with Gasteiger partial charge in [0.2, 0.25) is 0 Å². The number of benzene rings is 1. The molecule has 4 rings (SSSR count). The van der Waals surface area contributed by atoms with E-state index in [1.165, 1.54) is 45.1 Å². The summed E-state index contributed by atoms with van der Waals surface area (Å²) in [4.78, 5) is 2.63. The molecule has 1 heterocycles. The maximum atomic E-state index is 5.80. The topological polar surface area (TPSA) is 12.5 Å². The van der Waals surface area contributed by atoms with Crippen LogP contribution >= 0.6 is 0 Å². The van der Waals surface area contributed by atoms with Gasteiger partial charge in [0.1, 0.15) is 5.75 Å². The maximum Gasteiger partial charge on any atom is 0.119 e. The second kappa shape index (κ2) is 5.01. The Hall–Kier alpha value is -1.02. The first-order chi connectivity index (χ1) is 10.2. The molecule has 3 aliphatic rings. The predicted molar refractivity (Wildman–Crippen MR) is 86.0 cm³/mol. The van der Waals surface area contributed by atoms with Crippen LogP contribution in [0.15, 0.2) is 18.2 Å². The lowest BCUT2D eigenvalue weighted by molar-refractivity contribution is 0.00271. The third-order valence-electron chi connectivity index (χ3n) is 6.40. The Balaban J connectivity index is 1.83. The highest BCUT2D eigenvalue weighted by atomic mass is 16.5. The molecule has 2 heteroatoms. The van der Waals surface area contributed by atoms with Crippen LogP contribution in [-0.4, -0.2) is 31.1 Å². The van der Waals surface area contributed by atoms with Crippen molar-refractivity contribution in [2.24, 2.45) is 5.92 Å². The number of likely N-dealkylation sites (N-methyl/N-ethyl adjacent to an activating group) is 1. The number of likely N-dealkylation sites (tertiary alicyclic amines) is 1. The van der Waals surface area contributed by atoms with E-state index in [1.807, 2.05) is 0 Å². The normalized spacial score (nSPS) is 35.0. The molecule has 1 unspecified atom stereocenters. The van der Waals surface area contributed by atoms with Crippen LogP contribution in [0.2, 0.25) is 0 Å². The summed E-state index contributed by atoms with van der Waals surface area (Å²) < 4.78 is 5.80. The van der Waals surface area contributed by atoms with Crippen molar-refractivity contribution in [3.05, 3.63) is 29.3 Å². The average molecular weight is 285 g/mol. The monoisotopic (exact) mass is 285 g/mol. The predicted octanol–water partition coefficient (Wildman–Crippen LogP) is 3.77. The molecule has 2 bridgehead atoms. The van der Waals surface area contributed by atoms with Crippen LogP contribution in [0.4, 0.5) is 0 Å². The molecular formula is C19H27NO. The van der Waals surface area contributed by atoms with Gasteiger partial charge in [-0.3, -0.25) is 0 Å². The number of hydrogen-bond donors (Lipinski definition) is 0. The van der Waals surface area contributed by atoms with Crippen molar-refractivity contribution in [1.29, 1.82) is 0 Å². The second-order valence-electron chi connectivity index (χ2n) is 7.26. The van der Waals surface area contributed by atoms with Crippen LogP contribution in [0, 0.1) is 5.92 Å². The van der Waals surface area contributed by atoms with E-state index < -0.39 is 0 Å². The maximum absolute atomic E-state index is 5.80.